The fourth-order valence-electron chi connectivity index (χ4n) is 3.61. The molecule has 0 N–H and O–H groups in total. The molecule has 5 rings (SSSR count). The second kappa shape index (κ2) is 9.88. The van der Waals surface area contributed by atoms with Crippen molar-refractivity contribution in [2.75, 3.05) is 0 Å². The Labute approximate surface area is 207 Å². The monoisotopic (exact) mass is 526 g/mol. The zero-order valence-electron chi connectivity index (χ0n) is 18.7. The predicted molar refractivity (Wildman–Crippen MR) is 134 cm³/mol. The van der Waals surface area contributed by atoms with E-state index in [1.54, 1.807) is 0 Å². The quantitative estimate of drug-likeness (QED) is 0.254. The van der Waals surface area contributed by atoms with Crippen LogP contribution in [0.2, 0.25) is 0 Å². The molecule has 34 heavy (non-hydrogen) atoms. The zero-order chi connectivity index (χ0) is 23.5. The van der Waals surface area contributed by atoms with Crippen LogP contribution < -0.4 is 7.06 Å². The van der Waals surface area contributed by atoms with Gasteiger partial charge in [-0.25, -0.2) is 0 Å². The minimum atomic E-state index is -3.64. The number of hydrogen-bond donors (Lipinski definition) is 0. The first-order valence-electron chi connectivity index (χ1n) is 10.8. The molecule has 6 nitrogen and oxygen atoms in total. The number of pyridine rings is 2. The first-order chi connectivity index (χ1) is 16.5. The minimum absolute atomic E-state index is 0.164. The van der Waals surface area contributed by atoms with Crippen LogP contribution >= 0.6 is 11.3 Å². The Morgan fingerprint density at radius 1 is 0.824 bits per heavy atom. The van der Waals surface area contributed by atoms with Crippen LogP contribution in [0, 0.1) is 13.8 Å². The van der Waals surface area contributed by atoms with E-state index in [4.69, 9.17) is 10.6 Å². The number of thiophene rings is 1. The Hall–Kier alpha value is -3.33. The molecule has 2 aromatic carbocycles. The van der Waals surface area contributed by atoms with Crippen molar-refractivity contribution >= 4 is 56.4 Å². The molecule has 0 amide bonds. The van der Waals surface area contributed by atoms with Gasteiger partial charge in [0, 0.05) is 0 Å². The molecule has 0 aliphatic carbocycles. The normalized spacial score (nSPS) is 10.9. The average Bonchev–Trinajstić information content (AvgIpc) is 3.32. The number of fused-ring (bicyclic) bond motifs is 2. The fourth-order valence-corrected chi connectivity index (χ4v) is 6.88. The van der Waals surface area contributed by atoms with Crippen LogP contribution in [0.3, 0.4) is 0 Å². The van der Waals surface area contributed by atoms with Crippen LogP contribution in [-0.4, -0.2) is 33.2 Å². The molecule has 0 unspecified atom stereocenters. The first-order valence-corrected chi connectivity index (χ1v) is 14.7. The molecule has 0 saturated heterocycles. The van der Waals surface area contributed by atoms with Crippen molar-refractivity contribution in [2.24, 2.45) is 0 Å². The van der Waals surface area contributed by atoms with Crippen LogP contribution in [0.5, 0.6) is 11.5 Å². The molecule has 0 radical (unpaired) electrons. The standard InChI is InChI=1S/2C10H9NO.C6H6O2S.Ga/c2*1-7-5-6-8-3-2-4-9(12)10(8)11-7;7-6(8)3-5-1-2-9-4-5;/h2*2-6,12H,1H3;1-2,4H,3H2,(H,7,8);/q;;;+3/p-3. The summed E-state index contributed by atoms with van der Waals surface area (Å²) in [7, 11) is 0. The maximum absolute atomic E-state index is 12.8. The summed E-state index contributed by atoms with van der Waals surface area (Å²) in [5.41, 5.74) is 4.07. The third kappa shape index (κ3) is 5.09. The molecule has 0 aliphatic rings. The number of para-hydroxylation sites is 2. The number of aromatic nitrogens is 2. The van der Waals surface area contributed by atoms with Crippen LogP contribution in [0.4, 0.5) is 0 Å². The molecule has 0 saturated carbocycles. The molecule has 168 valence electrons. The molecule has 5 aromatic rings. The van der Waals surface area contributed by atoms with Gasteiger partial charge >= 0.3 is 208 Å². The van der Waals surface area contributed by atoms with Gasteiger partial charge in [-0.3, -0.25) is 0 Å². The number of carbonyl (C=O) groups is 1. The average molecular weight is 527 g/mol. The maximum atomic E-state index is 12.8. The van der Waals surface area contributed by atoms with E-state index in [2.05, 4.69) is 9.97 Å². The summed E-state index contributed by atoms with van der Waals surface area (Å²) in [6.07, 6.45) is 0.164. The molecule has 3 heterocycles. The Kier molecular flexibility index (Phi) is 6.53. The number of aryl methyl sites for hydroxylation is 2. The Morgan fingerprint density at radius 3 is 1.94 bits per heavy atom. The van der Waals surface area contributed by atoms with Gasteiger partial charge in [0.15, 0.2) is 0 Å². The predicted octanol–water partition coefficient (Wildman–Crippen LogP) is 5.69. The van der Waals surface area contributed by atoms with Crippen LogP contribution in [0.1, 0.15) is 17.0 Å². The molecule has 0 spiro atoms. The second-order valence-corrected chi connectivity index (χ2v) is 11.4. The summed E-state index contributed by atoms with van der Waals surface area (Å²) >= 11 is -2.10. The summed E-state index contributed by atoms with van der Waals surface area (Å²) in [6, 6.07) is 21.2. The van der Waals surface area contributed by atoms with E-state index < -0.39 is 17.3 Å². The van der Waals surface area contributed by atoms with E-state index in [1.165, 1.54) is 11.3 Å². The molecule has 0 bridgehead atoms. The van der Waals surface area contributed by atoms with Gasteiger partial charge in [0.2, 0.25) is 0 Å². The van der Waals surface area contributed by atoms with Crippen LogP contribution in [0.15, 0.2) is 77.5 Å². The topological polar surface area (TPSA) is 70.5 Å². The Morgan fingerprint density at radius 2 is 1.41 bits per heavy atom. The first kappa shape index (κ1) is 22.5. The Bertz CT molecular complexity index is 1390. The number of benzene rings is 2. The molecular formula is C26H21GaN2O4S. The van der Waals surface area contributed by atoms with E-state index in [-0.39, 0.29) is 12.4 Å². The second-order valence-electron chi connectivity index (χ2n) is 7.88. The van der Waals surface area contributed by atoms with E-state index in [0.29, 0.717) is 22.5 Å². The number of rotatable bonds is 7. The molecule has 3 aromatic heterocycles. The van der Waals surface area contributed by atoms with Crippen LogP contribution in [-0.2, 0) is 14.7 Å². The summed E-state index contributed by atoms with van der Waals surface area (Å²) in [5, 5.41) is 5.75. The van der Waals surface area contributed by atoms with Crippen LogP contribution in [0.25, 0.3) is 21.8 Å². The third-order valence-electron chi connectivity index (χ3n) is 5.25. The number of carbonyl (C=O) groups excluding carboxylic acids is 1. The van der Waals surface area contributed by atoms with Crippen molar-refractivity contribution < 1.29 is 15.4 Å². The molecular weight excluding hydrogens is 506 g/mol. The van der Waals surface area contributed by atoms with Crippen molar-refractivity contribution in [3.8, 4) is 11.5 Å². The van der Waals surface area contributed by atoms with Crippen molar-refractivity contribution in [2.45, 2.75) is 20.3 Å². The van der Waals surface area contributed by atoms with E-state index in [9.17, 15) is 4.79 Å². The fraction of sp³-hybridized carbons (Fsp3) is 0.115. The summed E-state index contributed by atoms with van der Waals surface area (Å²) in [5.74, 6) is 0.704. The summed E-state index contributed by atoms with van der Waals surface area (Å²) < 4.78 is 18.4. The van der Waals surface area contributed by atoms with Gasteiger partial charge in [-0.15, -0.1) is 0 Å². The van der Waals surface area contributed by atoms with E-state index >= 15 is 0 Å². The Balaban J connectivity index is 1.48. The van der Waals surface area contributed by atoms with E-state index in [1.807, 2.05) is 91.3 Å². The van der Waals surface area contributed by atoms with Gasteiger partial charge < -0.3 is 0 Å². The van der Waals surface area contributed by atoms with Crippen molar-refractivity contribution in [3.63, 3.8) is 0 Å². The van der Waals surface area contributed by atoms with Gasteiger partial charge in [-0.1, -0.05) is 0 Å². The van der Waals surface area contributed by atoms with Crippen molar-refractivity contribution in [1.29, 1.82) is 0 Å². The van der Waals surface area contributed by atoms with Gasteiger partial charge in [0.25, 0.3) is 0 Å². The zero-order valence-corrected chi connectivity index (χ0v) is 22.0. The van der Waals surface area contributed by atoms with Gasteiger partial charge in [0.05, 0.1) is 0 Å². The van der Waals surface area contributed by atoms with E-state index in [0.717, 1.165) is 27.7 Å². The van der Waals surface area contributed by atoms with Crippen molar-refractivity contribution in [3.05, 3.63) is 94.4 Å². The molecule has 8 heteroatoms. The van der Waals surface area contributed by atoms with Crippen molar-refractivity contribution in [1.82, 2.24) is 9.97 Å². The summed E-state index contributed by atoms with van der Waals surface area (Å²) in [4.78, 5) is 22.0. The van der Waals surface area contributed by atoms with Gasteiger partial charge in [0.1, 0.15) is 0 Å². The SMILES string of the molecule is Cc1ccc2cccc([O][Ga]([O]C(=O)Cc3ccsc3)[O]c3cccc4ccc(C)nc34)c2n1. The number of nitrogens with zero attached hydrogens (tertiary/aromatic N) is 2. The van der Waals surface area contributed by atoms with Gasteiger partial charge in [-0.2, -0.15) is 0 Å². The molecule has 0 fully saturated rings. The number of hydrogen-bond acceptors (Lipinski definition) is 7. The third-order valence-corrected chi connectivity index (χ3v) is 8.81. The molecule has 0 aliphatic heterocycles. The summed E-state index contributed by atoms with van der Waals surface area (Å²) in [6.45, 7) is 3.85. The molecule has 0 atom stereocenters. The van der Waals surface area contributed by atoms with Gasteiger partial charge in [-0.05, 0) is 0 Å².